The van der Waals surface area contributed by atoms with E-state index in [0.717, 1.165) is 18.5 Å². The number of aryl methyl sites for hydroxylation is 1. The van der Waals surface area contributed by atoms with Gasteiger partial charge in [0.2, 0.25) is 10.0 Å². The van der Waals surface area contributed by atoms with Gasteiger partial charge in [-0.05, 0) is 43.3 Å². The fourth-order valence-electron chi connectivity index (χ4n) is 2.19. The van der Waals surface area contributed by atoms with Crippen LogP contribution in [0.1, 0.15) is 22.2 Å². The molecule has 1 aromatic carbocycles. The van der Waals surface area contributed by atoms with Crippen molar-refractivity contribution >= 4 is 27.3 Å². The van der Waals surface area contributed by atoms with Gasteiger partial charge in [0.05, 0.1) is 11.4 Å². The molecule has 25 heavy (non-hydrogen) atoms. The number of benzene rings is 1. The fraction of sp³-hybridized carbons (Fsp3) is 0.353. The Balaban J connectivity index is 1.88. The van der Waals surface area contributed by atoms with Gasteiger partial charge in [0, 0.05) is 23.3 Å². The molecule has 0 radical (unpaired) electrons. The third-order valence-electron chi connectivity index (χ3n) is 3.68. The number of nitrogens with zero attached hydrogens (tertiary/aromatic N) is 1. The lowest BCUT2D eigenvalue weighted by Gasteiger charge is -2.11. The predicted molar refractivity (Wildman–Crippen MR) is 103 cm³/mol. The Kier molecular flexibility index (Phi) is 6.98. The number of rotatable bonds is 7. The van der Waals surface area contributed by atoms with Crippen molar-refractivity contribution < 1.29 is 8.42 Å². The van der Waals surface area contributed by atoms with Gasteiger partial charge in [0.25, 0.3) is 0 Å². The average Bonchev–Trinajstić information content (AvgIpc) is 3.10. The SMILES string of the molecule is CCc1ccc(CNC(=NC)NCc2ccc(S(=O)(=O)NC)cc2)s1. The predicted octanol–water partition coefficient (Wildman–Crippen LogP) is 2.08. The van der Waals surface area contributed by atoms with Crippen LogP contribution < -0.4 is 15.4 Å². The monoisotopic (exact) mass is 380 g/mol. The molecule has 0 saturated carbocycles. The molecule has 0 atom stereocenters. The van der Waals surface area contributed by atoms with Crippen molar-refractivity contribution in [1.29, 1.82) is 0 Å². The molecule has 0 aliphatic heterocycles. The van der Waals surface area contributed by atoms with E-state index in [9.17, 15) is 8.42 Å². The number of thiophene rings is 1. The van der Waals surface area contributed by atoms with Crippen molar-refractivity contribution in [3.63, 3.8) is 0 Å². The third kappa shape index (κ3) is 5.55. The van der Waals surface area contributed by atoms with Gasteiger partial charge in [-0.25, -0.2) is 13.1 Å². The first-order valence-electron chi connectivity index (χ1n) is 8.03. The largest absolute Gasteiger partial charge is 0.352 e. The van der Waals surface area contributed by atoms with Crippen LogP contribution in [0.15, 0.2) is 46.3 Å². The molecule has 2 aromatic rings. The summed E-state index contributed by atoms with van der Waals surface area (Å²) < 4.78 is 25.7. The van der Waals surface area contributed by atoms with E-state index >= 15 is 0 Å². The second-order valence-electron chi connectivity index (χ2n) is 5.35. The molecule has 1 heterocycles. The average molecular weight is 381 g/mol. The van der Waals surface area contributed by atoms with E-state index in [1.165, 1.54) is 16.8 Å². The van der Waals surface area contributed by atoms with E-state index < -0.39 is 10.0 Å². The quantitative estimate of drug-likeness (QED) is 0.507. The zero-order valence-corrected chi connectivity index (χ0v) is 16.3. The maximum atomic E-state index is 11.7. The minimum atomic E-state index is -3.40. The van der Waals surface area contributed by atoms with E-state index in [-0.39, 0.29) is 4.90 Å². The van der Waals surface area contributed by atoms with E-state index in [4.69, 9.17) is 0 Å². The van der Waals surface area contributed by atoms with Crippen molar-refractivity contribution in [2.75, 3.05) is 14.1 Å². The van der Waals surface area contributed by atoms with Gasteiger partial charge in [0.1, 0.15) is 0 Å². The van der Waals surface area contributed by atoms with Crippen LogP contribution in [0.25, 0.3) is 0 Å². The molecule has 2 rings (SSSR count). The zero-order chi connectivity index (χ0) is 18.3. The Morgan fingerprint density at radius 1 is 1.04 bits per heavy atom. The van der Waals surface area contributed by atoms with Gasteiger partial charge in [-0.1, -0.05) is 19.1 Å². The van der Waals surface area contributed by atoms with E-state index in [1.807, 2.05) is 0 Å². The molecule has 0 saturated heterocycles. The molecular formula is C17H24N4O2S2. The maximum Gasteiger partial charge on any atom is 0.240 e. The zero-order valence-electron chi connectivity index (χ0n) is 14.7. The lowest BCUT2D eigenvalue weighted by atomic mass is 10.2. The molecule has 0 aliphatic carbocycles. The summed E-state index contributed by atoms with van der Waals surface area (Å²) in [5.74, 6) is 0.707. The molecule has 6 nitrogen and oxygen atoms in total. The van der Waals surface area contributed by atoms with Crippen molar-refractivity contribution in [1.82, 2.24) is 15.4 Å². The van der Waals surface area contributed by atoms with Crippen LogP contribution in [-0.4, -0.2) is 28.5 Å². The van der Waals surface area contributed by atoms with E-state index in [1.54, 1.807) is 42.6 Å². The molecule has 136 valence electrons. The van der Waals surface area contributed by atoms with E-state index in [0.29, 0.717) is 12.5 Å². The summed E-state index contributed by atoms with van der Waals surface area (Å²) in [6, 6.07) is 11.0. The summed E-state index contributed by atoms with van der Waals surface area (Å²) in [5.41, 5.74) is 0.974. The van der Waals surface area contributed by atoms with Gasteiger partial charge in [-0.15, -0.1) is 11.3 Å². The Labute approximate surface area is 153 Å². The molecule has 0 amide bonds. The Morgan fingerprint density at radius 3 is 2.24 bits per heavy atom. The maximum absolute atomic E-state index is 11.7. The topological polar surface area (TPSA) is 82.6 Å². The first-order chi connectivity index (χ1) is 12.0. The van der Waals surface area contributed by atoms with Gasteiger partial charge >= 0.3 is 0 Å². The normalized spacial score (nSPS) is 12.2. The minimum absolute atomic E-state index is 0.255. The van der Waals surface area contributed by atoms with Crippen molar-refractivity contribution in [3.05, 3.63) is 51.7 Å². The second kappa shape index (κ2) is 8.98. The molecule has 0 bridgehead atoms. The van der Waals surface area contributed by atoms with Crippen LogP contribution in [0.3, 0.4) is 0 Å². The highest BCUT2D eigenvalue weighted by Crippen LogP contribution is 2.16. The lowest BCUT2D eigenvalue weighted by Crippen LogP contribution is -2.36. The van der Waals surface area contributed by atoms with Crippen LogP contribution in [0.4, 0.5) is 0 Å². The number of hydrogen-bond acceptors (Lipinski definition) is 4. The highest BCUT2D eigenvalue weighted by Gasteiger charge is 2.10. The molecule has 0 aliphatic rings. The molecule has 3 N–H and O–H groups in total. The lowest BCUT2D eigenvalue weighted by molar-refractivity contribution is 0.588. The number of guanidine groups is 1. The summed E-state index contributed by atoms with van der Waals surface area (Å²) in [7, 11) is -0.269. The van der Waals surface area contributed by atoms with E-state index in [2.05, 4.69) is 39.4 Å². The highest BCUT2D eigenvalue weighted by atomic mass is 32.2. The van der Waals surface area contributed by atoms with Gasteiger partial charge in [-0.3, -0.25) is 4.99 Å². The number of hydrogen-bond donors (Lipinski definition) is 3. The number of nitrogens with one attached hydrogen (secondary N) is 3. The summed E-state index contributed by atoms with van der Waals surface area (Å²) >= 11 is 1.80. The molecule has 0 unspecified atom stereocenters. The number of aliphatic imine (C=N–C) groups is 1. The smallest absolute Gasteiger partial charge is 0.240 e. The number of sulfonamides is 1. The Bertz CT molecular complexity index is 811. The summed E-state index contributed by atoms with van der Waals surface area (Å²) in [4.78, 5) is 7.10. The van der Waals surface area contributed by atoms with Gasteiger partial charge in [-0.2, -0.15) is 0 Å². The fourth-order valence-corrected chi connectivity index (χ4v) is 3.82. The van der Waals surface area contributed by atoms with Crippen molar-refractivity contribution in [2.45, 2.75) is 31.3 Å². The van der Waals surface area contributed by atoms with Crippen LogP contribution >= 0.6 is 11.3 Å². The van der Waals surface area contributed by atoms with Crippen molar-refractivity contribution in [2.24, 2.45) is 4.99 Å². The van der Waals surface area contributed by atoms with Crippen LogP contribution in [0, 0.1) is 0 Å². The van der Waals surface area contributed by atoms with Gasteiger partial charge in [0.15, 0.2) is 5.96 Å². The van der Waals surface area contributed by atoms with Crippen LogP contribution in [0.5, 0.6) is 0 Å². The molecule has 0 fully saturated rings. The summed E-state index contributed by atoms with van der Waals surface area (Å²) in [6.07, 6.45) is 1.05. The first-order valence-corrected chi connectivity index (χ1v) is 10.3. The molecule has 1 aromatic heterocycles. The Hall–Kier alpha value is -1.90. The minimum Gasteiger partial charge on any atom is -0.352 e. The standard InChI is InChI=1S/C17H24N4O2S2/c1-4-14-7-8-15(24-14)12-21-17(18-2)20-11-13-5-9-16(10-6-13)25(22,23)19-3/h5-10,19H,4,11-12H2,1-3H3,(H2,18,20,21). The molecule has 8 heteroatoms. The summed E-state index contributed by atoms with van der Waals surface area (Å²) in [6.45, 7) is 3.44. The van der Waals surface area contributed by atoms with Crippen molar-refractivity contribution in [3.8, 4) is 0 Å². The van der Waals surface area contributed by atoms with Crippen LogP contribution in [-0.2, 0) is 29.5 Å². The second-order valence-corrected chi connectivity index (χ2v) is 8.49. The van der Waals surface area contributed by atoms with Crippen LogP contribution in [0.2, 0.25) is 0 Å². The highest BCUT2D eigenvalue weighted by molar-refractivity contribution is 7.89. The first kappa shape index (κ1) is 19.4. The van der Waals surface area contributed by atoms with Gasteiger partial charge < -0.3 is 10.6 Å². The molecular weight excluding hydrogens is 356 g/mol. The summed E-state index contributed by atoms with van der Waals surface area (Å²) in [5, 5.41) is 6.51. The Morgan fingerprint density at radius 2 is 1.68 bits per heavy atom. The third-order valence-corrected chi connectivity index (χ3v) is 6.34. The molecule has 0 spiro atoms.